The number of imidazole rings is 1. The van der Waals surface area contributed by atoms with Gasteiger partial charge in [0.2, 0.25) is 5.88 Å². The van der Waals surface area contributed by atoms with Crippen molar-refractivity contribution in [1.29, 1.82) is 0 Å². The molecular formula is C24H23BrN6O. The van der Waals surface area contributed by atoms with Crippen molar-refractivity contribution in [3.8, 4) is 11.6 Å². The lowest BCUT2D eigenvalue weighted by Gasteiger charge is -2.23. The van der Waals surface area contributed by atoms with E-state index in [1.807, 2.05) is 52.7 Å². The zero-order valence-corrected chi connectivity index (χ0v) is 19.5. The van der Waals surface area contributed by atoms with Crippen LogP contribution in [0.4, 0.5) is 0 Å². The Kier molecular flexibility index (Phi) is 5.61. The minimum Gasteiger partial charge on any atom is -0.479 e. The van der Waals surface area contributed by atoms with E-state index >= 15 is 0 Å². The Labute approximate surface area is 194 Å². The summed E-state index contributed by atoms with van der Waals surface area (Å²) in [6.45, 7) is 2.84. The first kappa shape index (κ1) is 20.6. The van der Waals surface area contributed by atoms with Crippen LogP contribution in [0.5, 0.6) is 5.88 Å². The van der Waals surface area contributed by atoms with Crippen molar-refractivity contribution >= 4 is 28.1 Å². The highest BCUT2D eigenvalue weighted by Gasteiger charge is 2.26. The second-order valence-corrected chi connectivity index (χ2v) is 8.64. The molecule has 0 fully saturated rings. The topological polar surface area (TPSA) is 70.7 Å². The van der Waals surface area contributed by atoms with Crippen LogP contribution in [0.2, 0.25) is 0 Å². The van der Waals surface area contributed by atoms with Crippen LogP contribution < -0.4 is 4.74 Å². The van der Waals surface area contributed by atoms with E-state index in [0.717, 1.165) is 46.8 Å². The SMILES string of the molecule is COc1nc(C=Cc2nc3n(n2)CCCC3c2ccccc2Br)ccc1-n1cnc(C)c1. The number of nitrogens with zero attached hydrogens (tertiary/aromatic N) is 6. The van der Waals surface area contributed by atoms with Crippen LogP contribution >= 0.6 is 15.9 Å². The highest BCUT2D eigenvalue weighted by Crippen LogP contribution is 2.36. The molecule has 1 aromatic carbocycles. The van der Waals surface area contributed by atoms with Gasteiger partial charge in [-0.1, -0.05) is 34.1 Å². The van der Waals surface area contributed by atoms with E-state index in [4.69, 9.17) is 14.8 Å². The van der Waals surface area contributed by atoms with Crippen molar-refractivity contribution in [2.24, 2.45) is 0 Å². The van der Waals surface area contributed by atoms with Crippen LogP contribution in [0.15, 0.2) is 53.4 Å². The highest BCUT2D eigenvalue weighted by atomic mass is 79.9. The first-order chi connectivity index (χ1) is 15.6. The van der Waals surface area contributed by atoms with Gasteiger partial charge < -0.3 is 9.30 Å². The second kappa shape index (κ2) is 8.70. The number of methoxy groups -OCH3 is 1. The fraction of sp³-hybridized carbons (Fsp3) is 0.250. The standard InChI is InChI=1S/C24H23BrN6O/c1-16-14-30(15-26-16)21-11-9-17(27-24(21)32-2)10-12-22-28-23-19(7-5-13-31(23)29-22)18-6-3-4-8-20(18)25/h3-4,6,8-12,14-15,19H,5,7,13H2,1-2H3. The molecule has 0 amide bonds. The van der Waals surface area contributed by atoms with E-state index in [9.17, 15) is 0 Å². The van der Waals surface area contributed by atoms with E-state index in [2.05, 4.69) is 44.1 Å². The van der Waals surface area contributed by atoms with Crippen molar-refractivity contribution in [3.63, 3.8) is 0 Å². The fourth-order valence-electron chi connectivity index (χ4n) is 4.09. The predicted octanol–water partition coefficient (Wildman–Crippen LogP) is 5.03. The summed E-state index contributed by atoms with van der Waals surface area (Å²) in [6, 6.07) is 12.3. The molecule has 8 heteroatoms. The molecule has 162 valence electrons. The van der Waals surface area contributed by atoms with Crippen LogP contribution in [-0.2, 0) is 6.54 Å². The van der Waals surface area contributed by atoms with Gasteiger partial charge in [-0.3, -0.25) is 0 Å². The van der Waals surface area contributed by atoms with Crippen LogP contribution in [0, 0.1) is 6.92 Å². The van der Waals surface area contributed by atoms with Gasteiger partial charge >= 0.3 is 0 Å². The van der Waals surface area contributed by atoms with Gasteiger partial charge in [-0.25, -0.2) is 19.6 Å². The number of benzene rings is 1. The zero-order valence-electron chi connectivity index (χ0n) is 17.9. The molecule has 0 spiro atoms. The van der Waals surface area contributed by atoms with Gasteiger partial charge in [-0.15, -0.1) is 0 Å². The number of rotatable bonds is 5. The third-order valence-corrected chi connectivity index (χ3v) is 6.34. The molecule has 1 atom stereocenters. The van der Waals surface area contributed by atoms with Crippen LogP contribution in [0.25, 0.3) is 17.8 Å². The maximum absolute atomic E-state index is 5.51. The predicted molar refractivity (Wildman–Crippen MR) is 127 cm³/mol. The maximum atomic E-state index is 5.51. The molecule has 0 radical (unpaired) electrons. The van der Waals surface area contributed by atoms with Crippen molar-refractivity contribution in [3.05, 3.63) is 82.0 Å². The van der Waals surface area contributed by atoms with Crippen LogP contribution in [-0.4, -0.2) is 36.4 Å². The fourth-order valence-corrected chi connectivity index (χ4v) is 4.65. The Morgan fingerprint density at radius 1 is 1.12 bits per heavy atom. The molecule has 0 saturated heterocycles. The zero-order chi connectivity index (χ0) is 22.1. The second-order valence-electron chi connectivity index (χ2n) is 7.79. The molecular weight excluding hydrogens is 468 g/mol. The summed E-state index contributed by atoms with van der Waals surface area (Å²) < 4.78 is 10.6. The lowest BCUT2D eigenvalue weighted by Crippen LogP contribution is -2.18. The third-order valence-electron chi connectivity index (χ3n) is 5.62. The van der Waals surface area contributed by atoms with E-state index in [1.54, 1.807) is 13.4 Å². The summed E-state index contributed by atoms with van der Waals surface area (Å²) in [6.07, 6.45) is 9.67. The van der Waals surface area contributed by atoms with Gasteiger partial charge in [0.25, 0.3) is 0 Å². The van der Waals surface area contributed by atoms with E-state index in [-0.39, 0.29) is 5.92 Å². The van der Waals surface area contributed by atoms with Gasteiger partial charge in [0, 0.05) is 23.1 Å². The number of hydrogen-bond acceptors (Lipinski definition) is 5. The summed E-state index contributed by atoms with van der Waals surface area (Å²) in [5, 5.41) is 4.71. The molecule has 3 aromatic heterocycles. The van der Waals surface area contributed by atoms with Gasteiger partial charge in [-0.05, 0) is 55.7 Å². The number of hydrogen-bond donors (Lipinski definition) is 0. The van der Waals surface area contributed by atoms with Crippen LogP contribution in [0.3, 0.4) is 0 Å². The molecule has 4 aromatic rings. The lowest BCUT2D eigenvalue weighted by atomic mass is 9.91. The minimum atomic E-state index is 0.241. The Hall–Kier alpha value is -3.26. The Morgan fingerprint density at radius 2 is 2.00 bits per heavy atom. The number of halogens is 1. The number of aryl methyl sites for hydroxylation is 2. The number of pyridine rings is 1. The summed E-state index contributed by atoms with van der Waals surface area (Å²) in [4.78, 5) is 13.7. The van der Waals surface area contributed by atoms with Crippen molar-refractivity contribution in [2.75, 3.05) is 7.11 Å². The summed E-state index contributed by atoms with van der Waals surface area (Å²) >= 11 is 3.69. The summed E-state index contributed by atoms with van der Waals surface area (Å²) in [5.74, 6) is 2.48. The molecule has 4 heterocycles. The summed E-state index contributed by atoms with van der Waals surface area (Å²) in [7, 11) is 1.62. The average Bonchev–Trinajstić information content (AvgIpc) is 3.43. The lowest BCUT2D eigenvalue weighted by molar-refractivity contribution is 0.395. The smallest absolute Gasteiger partial charge is 0.238 e. The third kappa shape index (κ3) is 3.98. The first-order valence-corrected chi connectivity index (χ1v) is 11.3. The van der Waals surface area contributed by atoms with E-state index in [0.29, 0.717) is 11.7 Å². The van der Waals surface area contributed by atoms with Gasteiger partial charge in [0.1, 0.15) is 11.5 Å². The molecule has 5 rings (SSSR count). The van der Waals surface area contributed by atoms with E-state index in [1.165, 1.54) is 5.56 Å². The van der Waals surface area contributed by atoms with Crippen molar-refractivity contribution in [2.45, 2.75) is 32.2 Å². The molecule has 0 N–H and O–H groups in total. The molecule has 1 aliphatic heterocycles. The largest absolute Gasteiger partial charge is 0.479 e. The Balaban J connectivity index is 1.42. The molecule has 0 aliphatic carbocycles. The number of fused-ring (bicyclic) bond motifs is 1. The minimum absolute atomic E-state index is 0.241. The maximum Gasteiger partial charge on any atom is 0.238 e. The number of ether oxygens (including phenoxy) is 1. The van der Waals surface area contributed by atoms with E-state index < -0.39 is 0 Å². The Bertz CT molecular complexity index is 1290. The quantitative estimate of drug-likeness (QED) is 0.392. The average molecular weight is 491 g/mol. The molecule has 7 nitrogen and oxygen atoms in total. The molecule has 1 unspecified atom stereocenters. The first-order valence-electron chi connectivity index (χ1n) is 10.6. The van der Waals surface area contributed by atoms with Gasteiger partial charge in [0.05, 0.1) is 24.8 Å². The van der Waals surface area contributed by atoms with Crippen LogP contribution in [0.1, 0.15) is 47.4 Å². The normalized spacial score (nSPS) is 15.8. The molecule has 0 bridgehead atoms. The monoisotopic (exact) mass is 490 g/mol. The molecule has 32 heavy (non-hydrogen) atoms. The van der Waals surface area contributed by atoms with Gasteiger partial charge in [0.15, 0.2) is 5.82 Å². The Morgan fingerprint density at radius 3 is 2.78 bits per heavy atom. The molecule has 0 saturated carbocycles. The summed E-state index contributed by atoms with van der Waals surface area (Å²) in [5.41, 5.74) is 3.81. The highest BCUT2D eigenvalue weighted by molar-refractivity contribution is 9.10. The van der Waals surface area contributed by atoms with Crippen molar-refractivity contribution in [1.82, 2.24) is 29.3 Å². The number of aromatic nitrogens is 6. The molecule has 1 aliphatic rings. The van der Waals surface area contributed by atoms with Gasteiger partial charge in [-0.2, -0.15) is 5.10 Å². The van der Waals surface area contributed by atoms with Crippen molar-refractivity contribution < 1.29 is 4.74 Å².